The third-order valence-electron chi connectivity index (χ3n) is 6.02. The Labute approximate surface area is 204 Å². The molecule has 4 aromatic rings. The number of pyridine rings is 1. The van der Waals surface area contributed by atoms with Crippen LogP contribution in [-0.2, 0) is 6.54 Å². The molecule has 1 aliphatic heterocycles. The summed E-state index contributed by atoms with van der Waals surface area (Å²) in [6, 6.07) is 25.7. The maximum Gasteiger partial charge on any atom is 0.174 e. The number of nitrogens with zero attached hydrogens (tertiary/aromatic N) is 3. The van der Waals surface area contributed by atoms with Crippen LogP contribution in [0, 0.1) is 0 Å². The van der Waals surface area contributed by atoms with Crippen molar-refractivity contribution in [2.45, 2.75) is 25.6 Å². The van der Waals surface area contributed by atoms with E-state index in [1.165, 1.54) is 5.69 Å². The van der Waals surface area contributed by atoms with E-state index in [0.29, 0.717) is 5.11 Å². The third-order valence-corrected chi connectivity index (χ3v) is 6.33. The van der Waals surface area contributed by atoms with Gasteiger partial charge in [-0.3, -0.25) is 4.98 Å². The van der Waals surface area contributed by atoms with Crippen molar-refractivity contribution in [3.8, 4) is 17.2 Å². The highest BCUT2D eigenvalue weighted by Crippen LogP contribution is 2.42. The average molecular weight is 471 g/mol. The van der Waals surface area contributed by atoms with Crippen LogP contribution in [0.2, 0.25) is 0 Å². The van der Waals surface area contributed by atoms with E-state index >= 15 is 0 Å². The van der Waals surface area contributed by atoms with E-state index in [1.54, 1.807) is 7.11 Å². The summed E-state index contributed by atoms with van der Waals surface area (Å²) in [5.41, 5.74) is 3.14. The zero-order chi connectivity index (χ0) is 23.5. The molecular weight excluding hydrogens is 444 g/mol. The topological polar surface area (TPSA) is 51.6 Å². The Hall–Kier alpha value is -3.84. The van der Waals surface area contributed by atoms with Gasteiger partial charge in [0.15, 0.2) is 5.11 Å². The van der Waals surface area contributed by atoms with Crippen molar-refractivity contribution in [1.82, 2.24) is 14.9 Å². The Morgan fingerprint density at radius 3 is 2.26 bits per heavy atom. The highest BCUT2D eigenvalue weighted by molar-refractivity contribution is 7.80. The quantitative estimate of drug-likeness (QED) is 0.340. The first-order valence-corrected chi connectivity index (χ1v) is 11.7. The summed E-state index contributed by atoms with van der Waals surface area (Å²) in [5, 5.41) is 4.19. The van der Waals surface area contributed by atoms with Gasteiger partial charge in [0.1, 0.15) is 23.3 Å². The summed E-state index contributed by atoms with van der Waals surface area (Å²) in [4.78, 5) is 6.80. The standard InChI is InChI=1S/C27H26N4O2S/c1-3-30-18-6-8-24(30)26-25(23-7-4-5-17-28-23)29-27(34)31(26)19-9-11-21(12-10-19)33-22-15-13-20(32-2)14-16-22/h4-18,25-26H,3H2,1-2H3,(H,29,34)/t25-,26+/m1/s1. The van der Waals surface area contributed by atoms with Crippen molar-refractivity contribution >= 4 is 23.0 Å². The molecule has 0 unspecified atom stereocenters. The normalized spacial score (nSPS) is 17.5. The lowest BCUT2D eigenvalue weighted by molar-refractivity contribution is 0.413. The number of benzene rings is 2. The molecule has 0 radical (unpaired) electrons. The molecule has 5 rings (SSSR count). The van der Waals surface area contributed by atoms with Crippen molar-refractivity contribution < 1.29 is 9.47 Å². The van der Waals surface area contributed by atoms with Crippen LogP contribution in [0.4, 0.5) is 5.69 Å². The minimum atomic E-state index is -0.0656. The van der Waals surface area contributed by atoms with Gasteiger partial charge in [-0.2, -0.15) is 0 Å². The zero-order valence-electron chi connectivity index (χ0n) is 19.1. The van der Waals surface area contributed by atoms with Gasteiger partial charge in [0.05, 0.1) is 18.8 Å². The maximum absolute atomic E-state index is 6.01. The van der Waals surface area contributed by atoms with Gasteiger partial charge >= 0.3 is 0 Å². The van der Waals surface area contributed by atoms with Crippen LogP contribution in [0.1, 0.15) is 30.4 Å². The van der Waals surface area contributed by atoms with Crippen molar-refractivity contribution in [2.75, 3.05) is 12.0 Å². The second kappa shape index (κ2) is 9.57. The van der Waals surface area contributed by atoms with Gasteiger partial charge in [-0.25, -0.2) is 0 Å². The monoisotopic (exact) mass is 470 g/mol. The molecule has 7 heteroatoms. The van der Waals surface area contributed by atoms with Crippen molar-refractivity contribution in [1.29, 1.82) is 0 Å². The lowest BCUT2D eigenvalue weighted by Crippen LogP contribution is -2.30. The molecule has 2 aromatic carbocycles. The van der Waals surface area contributed by atoms with Gasteiger partial charge in [-0.15, -0.1) is 0 Å². The van der Waals surface area contributed by atoms with Gasteiger partial charge in [-0.1, -0.05) is 6.07 Å². The number of hydrogen-bond acceptors (Lipinski definition) is 4. The Balaban J connectivity index is 1.46. The number of nitrogens with one attached hydrogen (secondary N) is 1. The lowest BCUT2D eigenvalue weighted by atomic mass is 10.0. The molecule has 34 heavy (non-hydrogen) atoms. The fraction of sp³-hybridized carbons (Fsp3) is 0.185. The fourth-order valence-electron chi connectivity index (χ4n) is 4.37. The number of hydrogen-bond donors (Lipinski definition) is 1. The van der Waals surface area contributed by atoms with Crippen LogP contribution >= 0.6 is 12.2 Å². The van der Waals surface area contributed by atoms with Crippen molar-refractivity contribution in [2.24, 2.45) is 0 Å². The van der Waals surface area contributed by atoms with Gasteiger partial charge in [0.25, 0.3) is 0 Å². The molecular formula is C27H26N4O2S. The summed E-state index contributed by atoms with van der Waals surface area (Å²) >= 11 is 5.83. The van der Waals surface area contributed by atoms with Gasteiger partial charge in [-0.05, 0) is 91.9 Å². The molecule has 1 fully saturated rings. The molecule has 0 amide bonds. The fourth-order valence-corrected chi connectivity index (χ4v) is 4.72. The number of thiocarbonyl (C=S) groups is 1. The van der Waals surface area contributed by atoms with Crippen LogP contribution in [0.3, 0.4) is 0 Å². The van der Waals surface area contributed by atoms with E-state index in [-0.39, 0.29) is 12.1 Å². The van der Waals surface area contributed by atoms with E-state index in [0.717, 1.165) is 35.2 Å². The lowest BCUT2D eigenvalue weighted by Gasteiger charge is -2.29. The van der Waals surface area contributed by atoms with Crippen LogP contribution in [0.5, 0.6) is 17.2 Å². The number of ether oxygens (including phenoxy) is 2. The van der Waals surface area contributed by atoms with Crippen molar-refractivity contribution in [3.63, 3.8) is 0 Å². The van der Waals surface area contributed by atoms with E-state index < -0.39 is 0 Å². The maximum atomic E-state index is 6.01. The third kappa shape index (κ3) is 4.22. The zero-order valence-corrected chi connectivity index (χ0v) is 19.9. The second-order valence-corrected chi connectivity index (χ2v) is 8.37. The molecule has 1 aliphatic rings. The van der Waals surface area contributed by atoms with Gasteiger partial charge in [0, 0.05) is 30.3 Å². The molecule has 0 spiro atoms. The number of methoxy groups -OCH3 is 1. The minimum absolute atomic E-state index is 0.0364. The molecule has 3 heterocycles. The highest BCUT2D eigenvalue weighted by Gasteiger charge is 2.41. The van der Waals surface area contributed by atoms with Crippen LogP contribution in [0.15, 0.2) is 91.3 Å². The van der Waals surface area contributed by atoms with Gasteiger partial charge in [0.2, 0.25) is 0 Å². The molecule has 1 N–H and O–H groups in total. The van der Waals surface area contributed by atoms with E-state index in [9.17, 15) is 0 Å². The summed E-state index contributed by atoms with van der Waals surface area (Å²) in [6.45, 7) is 3.03. The van der Waals surface area contributed by atoms with E-state index in [2.05, 4.69) is 45.0 Å². The largest absolute Gasteiger partial charge is 0.497 e. The number of aryl methyl sites for hydroxylation is 1. The summed E-state index contributed by atoms with van der Waals surface area (Å²) in [7, 11) is 1.65. The molecule has 2 aromatic heterocycles. The first kappa shape index (κ1) is 22.0. The van der Waals surface area contributed by atoms with Crippen LogP contribution < -0.4 is 19.7 Å². The van der Waals surface area contributed by atoms with E-state index in [4.69, 9.17) is 21.7 Å². The first-order valence-electron chi connectivity index (χ1n) is 11.3. The number of rotatable bonds is 7. The second-order valence-electron chi connectivity index (χ2n) is 7.99. The number of anilines is 1. The van der Waals surface area contributed by atoms with Crippen LogP contribution in [-0.4, -0.2) is 21.8 Å². The van der Waals surface area contributed by atoms with E-state index in [1.807, 2.05) is 72.9 Å². The highest BCUT2D eigenvalue weighted by atomic mass is 32.1. The summed E-state index contributed by atoms with van der Waals surface area (Å²) in [5.74, 6) is 2.30. The average Bonchev–Trinajstić information content (AvgIpc) is 3.49. The molecule has 172 valence electrons. The smallest absolute Gasteiger partial charge is 0.174 e. The van der Waals surface area contributed by atoms with Crippen LogP contribution in [0.25, 0.3) is 0 Å². The molecule has 0 saturated carbocycles. The molecule has 1 saturated heterocycles. The molecule has 2 atom stereocenters. The molecule has 0 aliphatic carbocycles. The summed E-state index contributed by atoms with van der Waals surface area (Å²) in [6.07, 6.45) is 3.93. The molecule has 6 nitrogen and oxygen atoms in total. The first-order chi connectivity index (χ1) is 16.7. The Morgan fingerprint density at radius 1 is 0.912 bits per heavy atom. The predicted octanol–water partition coefficient (Wildman–Crippen LogP) is 5.88. The van der Waals surface area contributed by atoms with Crippen molar-refractivity contribution in [3.05, 3.63) is 103 Å². The SMILES string of the molecule is CCn1cccc1[C@H]1[C@@H](c2ccccn2)NC(=S)N1c1ccc(Oc2ccc(OC)cc2)cc1. The Kier molecular flexibility index (Phi) is 6.18. The minimum Gasteiger partial charge on any atom is -0.497 e. The Bertz CT molecular complexity index is 1260. The Morgan fingerprint density at radius 2 is 1.62 bits per heavy atom. The predicted molar refractivity (Wildman–Crippen MR) is 138 cm³/mol. The summed E-state index contributed by atoms with van der Waals surface area (Å²) < 4.78 is 13.5. The molecule has 0 bridgehead atoms. The van der Waals surface area contributed by atoms with Gasteiger partial charge < -0.3 is 24.3 Å². The number of aromatic nitrogens is 2.